The van der Waals surface area contributed by atoms with Crippen LogP contribution >= 0.6 is 11.8 Å². The maximum absolute atomic E-state index is 10.3. The molecule has 0 amide bonds. The normalized spacial score (nSPS) is 16.7. The number of carbonyl (C=O) groups excluding carboxylic acids is 1. The third-order valence-electron chi connectivity index (χ3n) is 4.58. The van der Waals surface area contributed by atoms with Crippen molar-refractivity contribution in [3.63, 3.8) is 0 Å². The van der Waals surface area contributed by atoms with Crippen molar-refractivity contribution in [1.82, 2.24) is 5.32 Å². The molecule has 0 bridgehead atoms. The Bertz CT molecular complexity index is 546. The van der Waals surface area contributed by atoms with Crippen LogP contribution < -0.4 is 5.32 Å². The van der Waals surface area contributed by atoms with Crippen molar-refractivity contribution in [2.24, 2.45) is 5.92 Å². The van der Waals surface area contributed by atoms with Crippen molar-refractivity contribution in [2.75, 3.05) is 12.4 Å². The Kier molecular flexibility index (Phi) is 12.1. The minimum absolute atomic E-state index is 0.0342. The van der Waals surface area contributed by atoms with E-state index < -0.39 is 11.9 Å². The lowest BCUT2D eigenvalue weighted by atomic mass is 9.94. The second kappa shape index (κ2) is 13.7. The van der Waals surface area contributed by atoms with Crippen LogP contribution in [-0.4, -0.2) is 45.7 Å². The number of aliphatic hydroxyl groups is 1. The first-order chi connectivity index (χ1) is 12.9. The predicted molar refractivity (Wildman–Crippen MR) is 111 cm³/mol. The van der Waals surface area contributed by atoms with Crippen LogP contribution in [0.2, 0.25) is 0 Å². The molecule has 6 heteroatoms. The summed E-state index contributed by atoms with van der Waals surface area (Å²) in [6.45, 7) is 3.24. The van der Waals surface area contributed by atoms with Crippen LogP contribution in [0.25, 0.3) is 0 Å². The number of rotatable bonds is 8. The molecule has 0 heterocycles. The van der Waals surface area contributed by atoms with Gasteiger partial charge in [-0.25, -0.2) is 0 Å². The zero-order chi connectivity index (χ0) is 20.1. The van der Waals surface area contributed by atoms with Gasteiger partial charge >= 0.3 is 5.97 Å². The zero-order valence-corrected chi connectivity index (χ0v) is 17.2. The van der Waals surface area contributed by atoms with E-state index >= 15 is 0 Å². The number of carbonyl (C=O) groups is 2. The van der Waals surface area contributed by atoms with Gasteiger partial charge in [-0.05, 0) is 24.8 Å². The van der Waals surface area contributed by atoms with Gasteiger partial charge in [0.15, 0.2) is 5.12 Å². The van der Waals surface area contributed by atoms with Gasteiger partial charge in [-0.3, -0.25) is 9.59 Å². The van der Waals surface area contributed by atoms with E-state index in [9.17, 15) is 14.7 Å². The third-order valence-corrected chi connectivity index (χ3v) is 5.65. The quantitative estimate of drug-likeness (QED) is 0.624. The number of benzene rings is 1. The number of aliphatic hydroxyl groups excluding tert-OH is 1. The fourth-order valence-electron chi connectivity index (χ4n) is 2.99. The molecule has 5 nitrogen and oxygen atoms in total. The van der Waals surface area contributed by atoms with E-state index in [1.165, 1.54) is 44.6 Å². The van der Waals surface area contributed by atoms with E-state index in [0.29, 0.717) is 11.8 Å². The SMILES string of the molecule is CC(=O)SCC(C)C(=O)O.OC[C@H](Cc1ccccc1)NC1CCCCC1. The standard InChI is InChI=1S/C15H23NO.C6H10O3S/c17-12-15(11-13-7-3-1-4-8-13)16-14-9-5-2-6-10-14;1-4(6(8)9)3-10-5(2)7/h1,3-4,7-8,14-17H,2,5-6,9-12H2;4H,3H2,1-2H3,(H,8,9)/t15-;/m0./s1. The molecule has 1 aliphatic carbocycles. The van der Waals surface area contributed by atoms with Crippen molar-refractivity contribution in [3.8, 4) is 0 Å². The minimum Gasteiger partial charge on any atom is -0.481 e. The lowest BCUT2D eigenvalue weighted by molar-refractivity contribution is -0.140. The number of nitrogens with one attached hydrogen (secondary N) is 1. The Morgan fingerprint density at radius 1 is 1.19 bits per heavy atom. The Morgan fingerprint density at radius 2 is 1.81 bits per heavy atom. The summed E-state index contributed by atoms with van der Waals surface area (Å²) in [6.07, 6.45) is 7.51. The van der Waals surface area contributed by atoms with Gasteiger partial charge < -0.3 is 15.5 Å². The maximum atomic E-state index is 10.3. The molecule has 0 saturated heterocycles. The highest BCUT2D eigenvalue weighted by Crippen LogP contribution is 2.18. The first kappa shape index (κ1) is 23.7. The Morgan fingerprint density at radius 3 is 2.33 bits per heavy atom. The van der Waals surface area contributed by atoms with Gasteiger partial charge in [0.05, 0.1) is 12.5 Å². The summed E-state index contributed by atoms with van der Waals surface area (Å²) in [4.78, 5) is 20.5. The van der Waals surface area contributed by atoms with Crippen molar-refractivity contribution in [1.29, 1.82) is 0 Å². The van der Waals surface area contributed by atoms with Gasteiger partial charge in [0.1, 0.15) is 0 Å². The van der Waals surface area contributed by atoms with Gasteiger partial charge in [0, 0.05) is 24.8 Å². The van der Waals surface area contributed by atoms with Crippen LogP contribution in [0.5, 0.6) is 0 Å². The predicted octanol–water partition coefficient (Wildman–Crippen LogP) is 3.50. The molecule has 1 aromatic rings. The molecule has 1 aliphatic rings. The van der Waals surface area contributed by atoms with Gasteiger partial charge in [0.25, 0.3) is 0 Å². The molecular weight excluding hydrogens is 362 g/mol. The molecule has 0 aliphatic heterocycles. The molecule has 152 valence electrons. The van der Waals surface area contributed by atoms with Crippen LogP contribution in [0.15, 0.2) is 30.3 Å². The van der Waals surface area contributed by atoms with Crippen LogP contribution in [0.1, 0.15) is 51.5 Å². The summed E-state index contributed by atoms with van der Waals surface area (Å²) in [5.74, 6) is -0.923. The Labute approximate surface area is 166 Å². The lowest BCUT2D eigenvalue weighted by Crippen LogP contribution is -2.42. The Balaban J connectivity index is 0.000000314. The lowest BCUT2D eigenvalue weighted by Gasteiger charge is -2.27. The number of hydrogen-bond donors (Lipinski definition) is 3. The average molecular weight is 396 g/mol. The molecule has 1 unspecified atom stereocenters. The van der Waals surface area contributed by atoms with Crippen molar-refractivity contribution >= 4 is 22.8 Å². The molecule has 2 rings (SSSR count). The topological polar surface area (TPSA) is 86.6 Å². The number of hydrogen-bond acceptors (Lipinski definition) is 5. The fourth-order valence-corrected chi connectivity index (χ4v) is 3.62. The average Bonchev–Trinajstić information content (AvgIpc) is 2.67. The van der Waals surface area contributed by atoms with E-state index in [4.69, 9.17) is 5.11 Å². The van der Waals surface area contributed by atoms with Gasteiger partial charge in [-0.1, -0.05) is 68.3 Å². The van der Waals surface area contributed by atoms with E-state index in [2.05, 4.69) is 29.6 Å². The van der Waals surface area contributed by atoms with Gasteiger partial charge in [0.2, 0.25) is 0 Å². The number of thioether (sulfide) groups is 1. The molecular formula is C21H33NO4S. The van der Waals surface area contributed by atoms with Crippen molar-refractivity contribution in [3.05, 3.63) is 35.9 Å². The number of aliphatic carboxylic acids is 1. The molecule has 3 N–H and O–H groups in total. The molecule has 0 aromatic heterocycles. The largest absolute Gasteiger partial charge is 0.481 e. The molecule has 27 heavy (non-hydrogen) atoms. The zero-order valence-electron chi connectivity index (χ0n) is 16.4. The third kappa shape index (κ3) is 11.2. The summed E-state index contributed by atoms with van der Waals surface area (Å²) >= 11 is 1.05. The first-order valence-corrected chi connectivity index (χ1v) is 10.7. The summed E-state index contributed by atoms with van der Waals surface area (Å²) in [5, 5.41) is 21.4. The molecule has 1 fully saturated rings. The minimum atomic E-state index is -0.853. The molecule has 1 aromatic carbocycles. The monoisotopic (exact) mass is 395 g/mol. The van der Waals surface area contributed by atoms with Crippen LogP contribution in [0, 0.1) is 5.92 Å². The molecule has 0 radical (unpaired) electrons. The van der Waals surface area contributed by atoms with E-state index in [1.54, 1.807) is 6.92 Å². The smallest absolute Gasteiger partial charge is 0.307 e. The van der Waals surface area contributed by atoms with Crippen LogP contribution in [0.3, 0.4) is 0 Å². The van der Waals surface area contributed by atoms with Gasteiger partial charge in [-0.2, -0.15) is 0 Å². The highest BCUT2D eigenvalue weighted by molar-refractivity contribution is 8.13. The number of carboxylic acids is 1. The van der Waals surface area contributed by atoms with Crippen LogP contribution in [-0.2, 0) is 16.0 Å². The van der Waals surface area contributed by atoms with Crippen molar-refractivity contribution in [2.45, 2.75) is 64.5 Å². The summed E-state index contributed by atoms with van der Waals surface area (Å²) in [7, 11) is 0. The van der Waals surface area contributed by atoms with E-state index in [1.807, 2.05) is 6.07 Å². The van der Waals surface area contributed by atoms with Gasteiger partial charge in [-0.15, -0.1) is 0 Å². The first-order valence-electron chi connectivity index (χ1n) is 9.69. The number of carboxylic acid groups (broad SMARTS) is 1. The Hall–Kier alpha value is -1.37. The van der Waals surface area contributed by atoms with Crippen LogP contribution in [0.4, 0.5) is 0 Å². The molecule has 2 atom stereocenters. The second-order valence-corrected chi connectivity index (χ2v) is 8.31. The van der Waals surface area contributed by atoms with Crippen molar-refractivity contribution < 1.29 is 19.8 Å². The van der Waals surface area contributed by atoms with E-state index in [0.717, 1.165) is 18.2 Å². The highest BCUT2D eigenvalue weighted by Gasteiger charge is 2.17. The molecule has 0 spiro atoms. The maximum Gasteiger partial charge on any atom is 0.307 e. The summed E-state index contributed by atoms with van der Waals surface area (Å²) < 4.78 is 0. The second-order valence-electron chi connectivity index (χ2n) is 7.11. The molecule has 1 saturated carbocycles. The highest BCUT2D eigenvalue weighted by atomic mass is 32.2. The summed E-state index contributed by atoms with van der Waals surface area (Å²) in [6, 6.07) is 11.2. The van der Waals surface area contributed by atoms with E-state index in [-0.39, 0.29) is 17.8 Å². The fraction of sp³-hybridized carbons (Fsp3) is 0.619. The summed E-state index contributed by atoms with van der Waals surface area (Å²) in [5.41, 5.74) is 1.30.